The van der Waals surface area contributed by atoms with Crippen LogP contribution in [0.3, 0.4) is 0 Å². The van der Waals surface area contributed by atoms with E-state index in [1.807, 2.05) is 44.3 Å². The molecule has 0 bridgehead atoms. The van der Waals surface area contributed by atoms with Crippen LogP contribution in [0.2, 0.25) is 0 Å². The largest absolute Gasteiger partial charge is 0.237 e. The average molecular weight is 305 g/mol. The van der Waals surface area contributed by atoms with Gasteiger partial charge in [0.25, 0.3) is 0 Å². The monoisotopic (exact) mass is 304 g/mol. The number of hydrogen-bond donors (Lipinski definition) is 0. The Kier molecular flexibility index (Phi) is 6.29. The van der Waals surface area contributed by atoms with E-state index in [1.54, 1.807) is 6.20 Å². The summed E-state index contributed by atoms with van der Waals surface area (Å²) >= 11 is 3.34. The van der Waals surface area contributed by atoms with Crippen molar-refractivity contribution >= 4 is 28.0 Å². The first-order valence-electron chi connectivity index (χ1n) is 5.96. The van der Waals surface area contributed by atoms with Gasteiger partial charge in [-0.2, -0.15) is 0 Å². The van der Waals surface area contributed by atoms with Crippen LogP contribution in [-0.4, -0.2) is 11.2 Å². The van der Waals surface area contributed by atoms with Gasteiger partial charge in [-0.05, 0) is 40.5 Å². The minimum absolute atomic E-state index is 0.713. The van der Waals surface area contributed by atoms with Crippen LogP contribution in [0, 0.1) is 6.92 Å². The molecule has 94 valence electrons. The second kappa shape index (κ2) is 7.77. The van der Waals surface area contributed by atoms with Crippen molar-refractivity contribution < 1.29 is 0 Å². The lowest BCUT2D eigenvalue weighted by molar-refractivity contribution is 1.26. The van der Waals surface area contributed by atoms with E-state index in [1.165, 1.54) is 5.56 Å². The molecule has 0 saturated carbocycles. The Balaban J connectivity index is 0.000000771. The summed E-state index contributed by atoms with van der Waals surface area (Å²) in [7, 11) is 0. The molecule has 0 spiro atoms. The van der Waals surface area contributed by atoms with Gasteiger partial charge in [0.2, 0.25) is 0 Å². The van der Waals surface area contributed by atoms with Crippen molar-refractivity contribution in [3.05, 3.63) is 58.2 Å². The van der Waals surface area contributed by atoms with E-state index in [2.05, 4.69) is 45.0 Å². The van der Waals surface area contributed by atoms with Crippen molar-refractivity contribution in [2.24, 2.45) is 4.99 Å². The third-order valence-corrected chi connectivity index (χ3v) is 2.57. The summed E-state index contributed by atoms with van der Waals surface area (Å²) in [6.07, 6.45) is 3.56. The highest BCUT2D eigenvalue weighted by Gasteiger charge is 1.91. The van der Waals surface area contributed by atoms with Gasteiger partial charge < -0.3 is 0 Å². The van der Waals surface area contributed by atoms with Crippen molar-refractivity contribution in [1.29, 1.82) is 0 Å². The summed E-state index contributed by atoms with van der Waals surface area (Å²) in [6, 6.07) is 12.0. The zero-order chi connectivity index (χ0) is 13.4. The molecule has 0 atom stereocenters. The lowest BCUT2D eigenvalue weighted by Crippen LogP contribution is -1.82. The van der Waals surface area contributed by atoms with Gasteiger partial charge in [-0.3, -0.25) is 0 Å². The zero-order valence-corrected chi connectivity index (χ0v) is 12.5. The Morgan fingerprint density at radius 1 is 1.17 bits per heavy atom. The number of aliphatic imine (C=N–C) groups is 1. The first kappa shape index (κ1) is 14.6. The predicted molar refractivity (Wildman–Crippen MR) is 81.7 cm³/mol. The highest BCUT2D eigenvalue weighted by atomic mass is 79.9. The van der Waals surface area contributed by atoms with Crippen molar-refractivity contribution in [2.75, 3.05) is 0 Å². The number of hydrogen-bond acceptors (Lipinski definition) is 2. The minimum Gasteiger partial charge on any atom is -0.237 e. The first-order valence-corrected chi connectivity index (χ1v) is 6.75. The Morgan fingerprint density at radius 3 is 2.56 bits per heavy atom. The number of rotatable bonds is 2. The summed E-state index contributed by atoms with van der Waals surface area (Å²) in [6.45, 7) is 6.06. The van der Waals surface area contributed by atoms with Gasteiger partial charge in [-0.1, -0.05) is 43.7 Å². The van der Waals surface area contributed by atoms with E-state index in [4.69, 9.17) is 0 Å². The van der Waals surface area contributed by atoms with E-state index in [0.717, 1.165) is 10.0 Å². The molecule has 0 radical (unpaired) electrons. The van der Waals surface area contributed by atoms with Gasteiger partial charge in [0, 0.05) is 16.9 Å². The number of aryl methyl sites for hydroxylation is 1. The summed E-state index contributed by atoms with van der Waals surface area (Å²) in [5, 5.41) is 0. The van der Waals surface area contributed by atoms with Gasteiger partial charge in [-0.25, -0.2) is 9.98 Å². The van der Waals surface area contributed by atoms with Gasteiger partial charge in [0.05, 0.1) is 0 Å². The molecule has 1 aromatic carbocycles. The zero-order valence-electron chi connectivity index (χ0n) is 10.9. The van der Waals surface area contributed by atoms with E-state index in [9.17, 15) is 0 Å². The Labute approximate surface area is 117 Å². The predicted octanol–water partition coefficient (Wildman–Crippen LogP) is 4.93. The van der Waals surface area contributed by atoms with Gasteiger partial charge in [-0.15, -0.1) is 0 Å². The van der Waals surface area contributed by atoms with Crippen LogP contribution < -0.4 is 0 Å². The van der Waals surface area contributed by atoms with E-state index >= 15 is 0 Å². The Bertz CT molecular complexity index is 504. The highest BCUT2D eigenvalue weighted by molar-refractivity contribution is 9.10. The van der Waals surface area contributed by atoms with E-state index in [-0.39, 0.29) is 0 Å². The standard InChI is InChI=1S/C13H11BrN2.C2H6/c1-10-3-2-4-11(7-10)8-15-13-6-5-12(14)9-16-13;1-2/h2-9H,1H3;1-2H3. The van der Waals surface area contributed by atoms with Gasteiger partial charge >= 0.3 is 0 Å². The molecule has 18 heavy (non-hydrogen) atoms. The molecule has 0 aliphatic heterocycles. The van der Waals surface area contributed by atoms with Crippen molar-refractivity contribution in [2.45, 2.75) is 20.8 Å². The lowest BCUT2D eigenvalue weighted by Gasteiger charge is -1.95. The molecule has 0 N–H and O–H groups in total. The molecule has 0 amide bonds. The maximum absolute atomic E-state index is 4.30. The maximum Gasteiger partial charge on any atom is 0.151 e. The Hall–Kier alpha value is -1.48. The molecule has 0 saturated heterocycles. The molecule has 1 aromatic heterocycles. The second-order valence-electron chi connectivity index (χ2n) is 3.51. The normalized spacial score (nSPS) is 10.0. The van der Waals surface area contributed by atoms with Gasteiger partial charge in [0.1, 0.15) is 0 Å². The third-order valence-electron chi connectivity index (χ3n) is 2.10. The molecule has 0 aliphatic carbocycles. The molecule has 0 aliphatic rings. The third kappa shape index (κ3) is 4.80. The quantitative estimate of drug-likeness (QED) is 0.722. The molecule has 2 nitrogen and oxygen atoms in total. The summed E-state index contributed by atoms with van der Waals surface area (Å²) in [5.74, 6) is 0.713. The van der Waals surface area contributed by atoms with Crippen molar-refractivity contribution in [3.63, 3.8) is 0 Å². The molecular weight excluding hydrogens is 288 g/mol. The Morgan fingerprint density at radius 2 is 1.94 bits per heavy atom. The van der Waals surface area contributed by atoms with Crippen LogP contribution in [0.5, 0.6) is 0 Å². The van der Waals surface area contributed by atoms with Crippen molar-refractivity contribution in [1.82, 2.24) is 4.98 Å². The smallest absolute Gasteiger partial charge is 0.151 e. The van der Waals surface area contributed by atoms with Crippen molar-refractivity contribution in [3.8, 4) is 0 Å². The number of pyridine rings is 1. The maximum atomic E-state index is 4.30. The van der Waals surface area contributed by atoms with Crippen LogP contribution in [0.1, 0.15) is 25.0 Å². The molecule has 3 heteroatoms. The molecular formula is C15H17BrN2. The fourth-order valence-electron chi connectivity index (χ4n) is 1.34. The average Bonchev–Trinajstić information content (AvgIpc) is 2.41. The molecule has 2 rings (SSSR count). The minimum atomic E-state index is 0.713. The lowest BCUT2D eigenvalue weighted by atomic mass is 10.2. The molecule has 2 aromatic rings. The second-order valence-corrected chi connectivity index (χ2v) is 4.42. The van der Waals surface area contributed by atoms with E-state index in [0.29, 0.717) is 5.82 Å². The molecule has 1 heterocycles. The SMILES string of the molecule is CC.Cc1cccc(C=Nc2ccc(Br)cn2)c1. The first-order chi connectivity index (χ1) is 8.74. The summed E-state index contributed by atoms with van der Waals surface area (Å²) in [5.41, 5.74) is 2.32. The molecule has 0 fully saturated rings. The summed E-state index contributed by atoms with van der Waals surface area (Å²) in [4.78, 5) is 8.47. The fraction of sp³-hybridized carbons (Fsp3) is 0.200. The fourth-order valence-corrected chi connectivity index (χ4v) is 1.57. The van der Waals surface area contributed by atoms with Crippen LogP contribution in [0.25, 0.3) is 0 Å². The highest BCUT2D eigenvalue weighted by Crippen LogP contribution is 2.13. The molecule has 0 unspecified atom stereocenters. The number of halogens is 1. The van der Waals surface area contributed by atoms with Crippen LogP contribution >= 0.6 is 15.9 Å². The van der Waals surface area contributed by atoms with E-state index < -0.39 is 0 Å². The topological polar surface area (TPSA) is 25.2 Å². The number of benzene rings is 1. The van der Waals surface area contributed by atoms with Crippen LogP contribution in [0.4, 0.5) is 5.82 Å². The number of nitrogens with zero attached hydrogens (tertiary/aromatic N) is 2. The van der Waals surface area contributed by atoms with Crippen LogP contribution in [-0.2, 0) is 0 Å². The summed E-state index contributed by atoms with van der Waals surface area (Å²) < 4.78 is 0.960. The van der Waals surface area contributed by atoms with Crippen LogP contribution in [0.15, 0.2) is 52.1 Å². The van der Waals surface area contributed by atoms with Gasteiger partial charge in [0.15, 0.2) is 5.82 Å². The number of aromatic nitrogens is 1.